The summed E-state index contributed by atoms with van der Waals surface area (Å²) >= 11 is -4.84. The van der Waals surface area contributed by atoms with E-state index in [4.69, 9.17) is 0 Å². The van der Waals surface area contributed by atoms with E-state index in [9.17, 15) is 11.7 Å². The van der Waals surface area contributed by atoms with E-state index in [-0.39, 0.29) is 0 Å². The van der Waals surface area contributed by atoms with Crippen LogP contribution in [0.15, 0.2) is 0 Å². The maximum atomic E-state index is 11.6. The molecule has 0 bridgehead atoms. The lowest BCUT2D eigenvalue weighted by molar-refractivity contribution is 0.559. The number of hydrogen-bond donors (Lipinski definition) is 0. The highest BCUT2D eigenvalue weighted by Gasteiger charge is 2.37. The largest absolute Gasteiger partial charge is 0.213 e. The van der Waals surface area contributed by atoms with Crippen LogP contribution in [0.3, 0.4) is 0 Å². The Balaban J connectivity index is 4.02. The van der Waals surface area contributed by atoms with Crippen molar-refractivity contribution in [2.45, 2.75) is 25.5 Å². The summed E-state index contributed by atoms with van der Waals surface area (Å²) in [4.78, 5) is 0. The number of rotatable bonds is 0. The van der Waals surface area contributed by atoms with Crippen molar-refractivity contribution in [2.75, 3.05) is 0 Å². The zero-order valence-corrected chi connectivity index (χ0v) is 5.86. The van der Waals surface area contributed by atoms with Crippen molar-refractivity contribution in [2.24, 2.45) is 0 Å². The zero-order valence-electron chi connectivity index (χ0n) is 5.04. The molecule has 0 amide bonds. The molecule has 52 valence electrons. The predicted octanol–water partition coefficient (Wildman–Crippen LogP) is 3.24. The minimum atomic E-state index is -4.84. The topological polar surface area (TPSA) is 0 Å². The average Bonchev–Trinajstić information content (AvgIpc) is 1.25. The fourth-order valence-electron chi connectivity index (χ4n) is 0. The van der Waals surface area contributed by atoms with Crippen molar-refractivity contribution in [3.8, 4) is 0 Å². The van der Waals surface area contributed by atoms with Gasteiger partial charge in [0.15, 0.2) is 0 Å². The van der Waals surface area contributed by atoms with Gasteiger partial charge in [-0.25, -0.2) is 0 Å². The van der Waals surface area contributed by atoms with Gasteiger partial charge in [0.05, 0.1) is 4.75 Å². The molecule has 4 heteroatoms. The molecule has 0 aliphatic carbocycles. The molecule has 8 heavy (non-hydrogen) atoms. The van der Waals surface area contributed by atoms with Gasteiger partial charge in [-0.3, -0.25) is 0 Å². The van der Waals surface area contributed by atoms with Crippen molar-refractivity contribution in [1.82, 2.24) is 0 Å². The number of halogens is 3. The minimum absolute atomic E-state index is 1.18. The lowest BCUT2D eigenvalue weighted by Crippen LogP contribution is -2.14. The van der Waals surface area contributed by atoms with Crippen molar-refractivity contribution >= 4 is 11.2 Å². The second kappa shape index (κ2) is 1.83. The number of hydrogen-bond acceptors (Lipinski definition) is 0. The van der Waals surface area contributed by atoms with E-state index in [0.717, 1.165) is 0 Å². The van der Waals surface area contributed by atoms with Crippen molar-refractivity contribution < 1.29 is 11.7 Å². The fourth-order valence-corrected chi connectivity index (χ4v) is 0. The second-order valence-corrected chi connectivity index (χ2v) is 4.56. The predicted molar refractivity (Wildman–Crippen MR) is 30.7 cm³/mol. The van der Waals surface area contributed by atoms with Crippen LogP contribution in [0.25, 0.3) is 0 Å². The van der Waals surface area contributed by atoms with Crippen LogP contribution >= 0.6 is 11.2 Å². The Morgan fingerprint density at radius 2 is 1.12 bits per heavy atom. The lowest BCUT2D eigenvalue weighted by atomic mass is 10.3. The van der Waals surface area contributed by atoms with Gasteiger partial charge in [0.2, 0.25) is 11.2 Å². The first-order chi connectivity index (χ1) is 3.25. The molecular formula is C4H9F3S. The fraction of sp³-hybridized carbons (Fsp3) is 1.00. The summed E-state index contributed by atoms with van der Waals surface area (Å²) < 4.78 is 33.5. The lowest BCUT2D eigenvalue weighted by Gasteiger charge is -2.24. The molecule has 0 aliphatic rings. The van der Waals surface area contributed by atoms with Crippen LogP contribution in [0, 0.1) is 0 Å². The average molecular weight is 146 g/mol. The van der Waals surface area contributed by atoms with E-state index in [1.165, 1.54) is 20.8 Å². The summed E-state index contributed by atoms with van der Waals surface area (Å²) in [5, 5.41) is 0. The third-order valence-corrected chi connectivity index (χ3v) is 2.08. The van der Waals surface area contributed by atoms with E-state index < -0.39 is 15.9 Å². The first kappa shape index (κ1) is 8.14. The maximum absolute atomic E-state index is 11.6. The quantitative estimate of drug-likeness (QED) is 0.492. The summed E-state index contributed by atoms with van der Waals surface area (Å²) in [6.07, 6.45) is 0. The molecule has 0 saturated carbocycles. The van der Waals surface area contributed by atoms with Gasteiger partial charge < -0.3 is 0 Å². The van der Waals surface area contributed by atoms with Crippen LogP contribution in [0.4, 0.5) is 11.7 Å². The third kappa shape index (κ3) is 1.94. The SMILES string of the molecule is CC(C)(C)S(F)(F)F. The van der Waals surface area contributed by atoms with Crippen molar-refractivity contribution in [3.05, 3.63) is 0 Å². The Bertz CT molecular complexity index is 66.3. The Morgan fingerprint density at radius 1 is 1.00 bits per heavy atom. The van der Waals surface area contributed by atoms with Crippen LogP contribution in [0.5, 0.6) is 0 Å². The molecule has 0 aliphatic heterocycles. The molecule has 0 aromatic heterocycles. The molecule has 0 saturated heterocycles. The van der Waals surface area contributed by atoms with Crippen LogP contribution < -0.4 is 0 Å². The van der Waals surface area contributed by atoms with E-state index in [1.807, 2.05) is 0 Å². The van der Waals surface area contributed by atoms with Gasteiger partial charge in [-0.1, -0.05) is 0 Å². The van der Waals surface area contributed by atoms with Crippen LogP contribution in [0.2, 0.25) is 0 Å². The summed E-state index contributed by atoms with van der Waals surface area (Å²) in [5.74, 6) is 0. The monoisotopic (exact) mass is 146 g/mol. The van der Waals surface area contributed by atoms with Gasteiger partial charge >= 0.3 is 0 Å². The Labute approximate surface area is 49.3 Å². The molecule has 0 atom stereocenters. The minimum Gasteiger partial charge on any atom is -0.124 e. The van der Waals surface area contributed by atoms with Gasteiger partial charge in [0, 0.05) is 0 Å². The highest BCUT2D eigenvalue weighted by molar-refractivity contribution is 8.22. The van der Waals surface area contributed by atoms with Gasteiger partial charge in [0.25, 0.3) is 0 Å². The molecule has 0 heterocycles. The van der Waals surface area contributed by atoms with Crippen LogP contribution in [-0.2, 0) is 0 Å². The Hall–Kier alpha value is 0.140. The third-order valence-electron chi connectivity index (χ3n) is 0.694. The van der Waals surface area contributed by atoms with E-state index in [2.05, 4.69) is 0 Å². The molecule has 0 nitrogen and oxygen atoms in total. The molecule has 0 aromatic rings. The van der Waals surface area contributed by atoms with Crippen LogP contribution in [0.1, 0.15) is 20.8 Å². The highest BCUT2D eigenvalue weighted by atomic mass is 32.3. The molecule has 0 spiro atoms. The van der Waals surface area contributed by atoms with Gasteiger partial charge in [-0.15, -0.1) is 11.7 Å². The molecule has 0 rings (SSSR count). The van der Waals surface area contributed by atoms with Gasteiger partial charge in [-0.05, 0) is 20.8 Å². The van der Waals surface area contributed by atoms with E-state index in [0.29, 0.717) is 0 Å². The maximum Gasteiger partial charge on any atom is 0.213 e. The second-order valence-electron chi connectivity index (χ2n) is 2.52. The molecule has 0 unspecified atom stereocenters. The summed E-state index contributed by atoms with van der Waals surface area (Å²) in [5.41, 5.74) is 0. The molecule has 0 aromatic carbocycles. The highest BCUT2D eigenvalue weighted by Crippen LogP contribution is 2.63. The standard InChI is InChI=1S/C4H9F3S/c1-4(2,3)8(5,6)7/h1-3H3. The van der Waals surface area contributed by atoms with Gasteiger partial charge in [-0.2, -0.15) is 0 Å². The van der Waals surface area contributed by atoms with Crippen molar-refractivity contribution in [3.63, 3.8) is 0 Å². The zero-order chi connectivity index (χ0) is 7.00. The molecule has 0 radical (unpaired) electrons. The molecule has 0 N–H and O–H groups in total. The summed E-state index contributed by atoms with van der Waals surface area (Å²) in [7, 11) is 0. The van der Waals surface area contributed by atoms with E-state index >= 15 is 0 Å². The normalized spacial score (nSPS) is 16.2. The Kier molecular flexibility index (Phi) is 1.86. The van der Waals surface area contributed by atoms with Gasteiger partial charge in [0.1, 0.15) is 0 Å². The first-order valence-electron chi connectivity index (χ1n) is 2.17. The molecule has 0 fully saturated rings. The van der Waals surface area contributed by atoms with Crippen LogP contribution in [-0.4, -0.2) is 4.75 Å². The Morgan fingerprint density at radius 3 is 1.12 bits per heavy atom. The summed E-state index contributed by atoms with van der Waals surface area (Å²) in [6.45, 7) is 3.55. The smallest absolute Gasteiger partial charge is 0.124 e. The van der Waals surface area contributed by atoms with E-state index in [1.54, 1.807) is 0 Å². The summed E-state index contributed by atoms with van der Waals surface area (Å²) in [6, 6.07) is 0. The van der Waals surface area contributed by atoms with Crippen molar-refractivity contribution in [1.29, 1.82) is 0 Å². The first-order valence-corrected chi connectivity index (χ1v) is 3.50. The molecular weight excluding hydrogens is 137 g/mol.